The minimum Gasteiger partial charge on any atom is -1.00 e. The van der Waals surface area contributed by atoms with Gasteiger partial charge in [-0.1, -0.05) is 29.8 Å². The zero-order valence-corrected chi connectivity index (χ0v) is 24.2. The quantitative estimate of drug-likeness (QED) is 0.343. The second-order valence-electron chi connectivity index (χ2n) is 8.37. The van der Waals surface area contributed by atoms with Gasteiger partial charge in [0.05, 0.1) is 5.02 Å². The van der Waals surface area contributed by atoms with E-state index in [-0.39, 0.29) is 24.0 Å². The lowest BCUT2D eigenvalue weighted by atomic mass is 9.90. The van der Waals surface area contributed by atoms with Crippen molar-refractivity contribution in [2.45, 2.75) is 27.7 Å². The van der Waals surface area contributed by atoms with Gasteiger partial charge < -0.3 is 33.8 Å². The average molecular weight is 590 g/mol. The van der Waals surface area contributed by atoms with Crippen LogP contribution in [-0.2, 0) is 0 Å². The summed E-state index contributed by atoms with van der Waals surface area (Å²) in [7, 11) is 4.07. The van der Waals surface area contributed by atoms with Gasteiger partial charge in [0, 0.05) is 56.3 Å². The number of allylic oxidation sites excluding steroid dienone is 5. The maximum absolute atomic E-state index is 6.86. The Labute approximate surface area is 228 Å². The Morgan fingerprint density at radius 1 is 0.794 bits per heavy atom. The number of halogens is 2. The normalized spacial score (nSPS) is 12.4. The van der Waals surface area contributed by atoms with Crippen molar-refractivity contribution in [3.63, 3.8) is 0 Å². The maximum Gasteiger partial charge on any atom is 0.199 e. The fourth-order valence-electron chi connectivity index (χ4n) is 4.32. The van der Waals surface area contributed by atoms with E-state index in [0.29, 0.717) is 0 Å². The molecule has 0 aromatic heterocycles. The standard InChI is InChI=1S/C29H37ClN3.HI/c1-7-32(8-2)24-15-11-22(12-16-24)29(27-20-19-26(31(5)6)21-28(27)30)23-13-17-25(18-14-23)33(9-3)10-4;/h11-21H,7-10H2,1-6H3;1H/q+1;/p-1. The van der Waals surface area contributed by atoms with E-state index in [1.807, 2.05) is 20.2 Å². The second-order valence-corrected chi connectivity index (χ2v) is 8.78. The lowest BCUT2D eigenvalue weighted by Gasteiger charge is -2.22. The van der Waals surface area contributed by atoms with Gasteiger partial charge in [-0.05, 0) is 80.8 Å². The molecule has 0 aliphatic heterocycles. The summed E-state index contributed by atoms with van der Waals surface area (Å²) in [5.74, 6) is 0. The smallest absolute Gasteiger partial charge is 0.199 e. The van der Waals surface area contributed by atoms with E-state index in [1.165, 1.54) is 22.5 Å². The molecule has 0 amide bonds. The molecule has 0 spiro atoms. The summed E-state index contributed by atoms with van der Waals surface area (Å²) in [6, 6.07) is 15.2. The highest BCUT2D eigenvalue weighted by atomic mass is 127. The lowest BCUT2D eigenvalue weighted by Crippen LogP contribution is -3.00. The van der Waals surface area contributed by atoms with Gasteiger partial charge in [-0.15, -0.1) is 0 Å². The Morgan fingerprint density at radius 3 is 1.82 bits per heavy atom. The van der Waals surface area contributed by atoms with Gasteiger partial charge in [-0.3, -0.25) is 0 Å². The van der Waals surface area contributed by atoms with E-state index in [1.54, 1.807) is 0 Å². The number of anilines is 2. The number of rotatable bonds is 8. The lowest BCUT2D eigenvalue weighted by molar-refractivity contribution is -0.519. The molecule has 0 unspecified atom stereocenters. The van der Waals surface area contributed by atoms with Crippen LogP contribution in [0.3, 0.4) is 0 Å². The summed E-state index contributed by atoms with van der Waals surface area (Å²) in [5, 5.41) is 0.761. The van der Waals surface area contributed by atoms with Crippen LogP contribution in [0.1, 0.15) is 38.8 Å². The van der Waals surface area contributed by atoms with Crippen molar-refractivity contribution in [2.24, 2.45) is 0 Å². The molecule has 0 radical (unpaired) electrons. The van der Waals surface area contributed by atoms with Gasteiger partial charge in [0.25, 0.3) is 0 Å². The van der Waals surface area contributed by atoms with Crippen molar-refractivity contribution in [1.82, 2.24) is 0 Å². The summed E-state index contributed by atoms with van der Waals surface area (Å²) in [5.41, 5.74) is 8.12. The Kier molecular flexibility index (Phi) is 10.9. The van der Waals surface area contributed by atoms with Crippen molar-refractivity contribution in [3.05, 3.63) is 88.5 Å². The zero-order valence-electron chi connectivity index (χ0n) is 21.3. The van der Waals surface area contributed by atoms with Crippen molar-refractivity contribution >= 4 is 34.3 Å². The predicted molar refractivity (Wildman–Crippen MR) is 146 cm³/mol. The summed E-state index contributed by atoms with van der Waals surface area (Å²) in [4.78, 5) is 4.44. The largest absolute Gasteiger partial charge is 1.00 e. The monoisotopic (exact) mass is 589 g/mol. The van der Waals surface area contributed by atoms with Crippen molar-refractivity contribution in [2.75, 3.05) is 50.1 Å². The van der Waals surface area contributed by atoms with E-state index in [4.69, 9.17) is 11.6 Å². The maximum atomic E-state index is 6.86. The number of benzene rings is 2. The first-order valence-corrected chi connectivity index (χ1v) is 12.4. The SMILES string of the molecule is CCN(CC)c1ccc(C(=C2C=CC(=[N+](CC)CC)C=C2)c2ccc(N(C)C)cc2Cl)cc1.[I-]. The van der Waals surface area contributed by atoms with Crippen LogP contribution in [0, 0.1) is 0 Å². The van der Waals surface area contributed by atoms with Crippen LogP contribution in [0.15, 0.2) is 72.3 Å². The molecule has 2 aromatic rings. The van der Waals surface area contributed by atoms with Crippen LogP contribution in [0.4, 0.5) is 11.4 Å². The summed E-state index contributed by atoms with van der Waals surface area (Å²) >= 11 is 6.86. The van der Waals surface area contributed by atoms with Crippen molar-refractivity contribution < 1.29 is 28.6 Å². The molecule has 1 aliphatic carbocycles. The third-order valence-corrected chi connectivity index (χ3v) is 6.62. The first-order chi connectivity index (χ1) is 15.9. The highest BCUT2D eigenvalue weighted by Crippen LogP contribution is 2.36. The molecule has 0 heterocycles. The Morgan fingerprint density at radius 2 is 1.35 bits per heavy atom. The van der Waals surface area contributed by atoms with E-state index in [2.05, 4.69) is 103 Å². The zero-order chi connectivity index (χ0) is 24.0. The van der Waals surface area contributed by atoms with E-state index in [0.717, 1.165) is 48.0 Å². The second kappa shape index (κ2) is 13.1. The molecule has 3 nitrogen and oxygen atoms in total. The summed E-state index contributed by atoms with van der Waals surface area (Å²) in [6.45, 7) is 12.8. The third-order valence-electron chi connectivity index (χ3n) is 6.31. The molecule has 0 saturated carbocycles. The molecule has 182 valence electrons. The van der Waals surface area contributed by atoms with Gasteiger partial charge in [0.1, 0.15) is 13.1 Å². The Bertz CT molecular complexity index is 1070. The number of hydrogen-bond acceptors (Lipinski definition) is 2. The highest BCUT2D eigenvalue weighted by molar-refractivity contribution is 6.33. The summed E-state index contributed by atoms with van der Waals surface area (Å²) in [6.07, 6.45) is 8.87. The van der Waals surface area contributed by atoms with Gasteiger partial charge in [-0.25, -0.2) is 4.58 Å². The molecular weight excluding hydrogens is 553 g/mol. The average Bonchev–Trinajstić information content (AvgIpc) is 2.83. The Balaban J connectivity index is 0.00000408. The third kappa shape index (κ3) is 6.33. The minimum absolute atomic E-state index is 0. The minimum atomic E-state index is 0. The fourth-order valence-corrected chi connectivity index (χ4v) is 4.59. The topological polar surface area (TPSA) is 9.49 Å². The predicted octanol–water partition coefficient (Wildman–Crippen LogP) is 3.68. The van der Waals surface area contributed by atoms with Crippen LogP contribution >= 0.6 is 11.6 Å². The molecule has 5 heteroatoms. The van der Waals surface area contributed by atoms with Gasteiger partial charge in [0.2, 0.25) is 0 Å². The first kappa shape index (κ1) is 28.2. The van der Waals surface area contributed by atoms with Crippen LogP contribution < -0.4 is 33.8 Å². The molecule has 0 bridgehead atoms. The van der Waals surface area contributed by atoms with Crippen molar-refractivity contribution in [3.8, 4) is 0 Å². The van der Waals surface area contributed by atoms with Crippen molar-refractivity contribution in [1.29, 1.82) is 0 Å². The van der Waals surface area contributed by atoms with Crippen LogP contribution in [-0.4, -0.2) is 50.6 Å². The molecule has 3 rings (SSSR count). The first-order valence-electron chi connectivity index (χ1n) is 12.0. The van der Waals surface area contributed by atoms with Gasteiger partial charge >= 0.3 is 0 Å². The Hall–Kier alpha value is -2.05. The van der Waals surface area contributed by atoms with E-state index >= 15 is 0 Å². The molecule has 0 N–H and O–H groups in total. The van der Waals surface area contributed by atoms with E-state index in [9.17, 15) is 0 Å². The molecule has 34 heavy (non-hydrogen) atoms. The van der Waals surface area contributed by atoms with Gasteiger partial charge in [0.15, 0.2) is 5.71 Å². The van der Waals surface area contributed by atoms with Crippen LogP contribution in [0.2, 0.25) is 5.02 Å². The molecule has 1 aliphatic rings. The molecule has 0 saturated heterocycles. The van der Waals surface area contributed by atoms with Gasteiger partial charge in [-0.2, -0.15) is 0 Å². The number of nitrogens with zero attached hydrogens (tertiary/aromatic N) is 3. The highest BCUT2D eigenvalue weighted by Gasteiger charge is 2.17. The number of hydrogen-bond donors (Lipinski definition) is 0. The molecular formula is C29H37ClIN3. The van der Waals surface area contributed by atoms with Crippen LogP contribution in [0.25, 0.3) is 5.57 Å². The molecule has 2 aromatic carbocycles. The van der Waals surface area contributed by atoms with E-state index < -0.39 is 0 Å². The molecule has 0 fully saturated rings. The molecule has 0 atom stereocenters. The summed E-state index contributed by atoms with van der Waals surface area (Å²) < 4.78 is 2.36. The fraction of sp³-hybridized carbons (Fsp3) is 0.345. The van der Waals surface area contributed by atoms with Crippen LogP contribution in [0.5, 0.6) is 0 Å².